The molecule has 0 radical (unpaired) electrons. The molecule has 2 rings (SSSR count). The fourth-order valence-corrected chi connectivity index (χ4v) is 3.23. The molecule has 0 aliphatic carbocycles. The van der Waals surface area contributed by atoms with Crippen LogP contribution in [-0.4, -0.2) is 16.5 Å². The predicted octanol–water partition coefficient (Wildman–Crippen LogP) is 4.04. The molecule has 21 heavy (non-hydrogen) atoms. The molecule has 2 aromatic rings. The van der Waals surface area contributed by atoms with Gasteiger partial charge in [0.25, 0.3) is 0 Å². The minimum atomic E-state index is 0.119. The normalized spacial score (nSPS) is 13.4. The zero-order chi connectivity index (χ0) is 15.5. The van der Waals surface area contributed by atoms with Crippen LogP contribution in [0.15, 0.2) is 23.7 Å². The molecule has 1 N–H and O–H groups in total. The molecular formula is C17H25N3S. The Morgan fingerprint density at radius 1 is 1.29 bits per heavy atom. The van der Waals surface area contributed by atoms with Crippen LogP contribution >= 0.6 is 11.3 Å². The summed E-state index contributed by atoms with van der Waals surface area (Å²) in [6.07, 6.45) is 2.89. The van der Waals surface area contributed by atoms with Crippen LogP contribution in [0.4, 0.5) is 0 Å². The van der Waals surface area contributed by atoms with Gasteiger partial charge in [-0.1, -0.05) is 33.8 Å². The zero-order valence-corrected chi connectivity index (χ0v) is 14.4. The summed E-state index contributed by atoms with van der Waals surface area (Å²) in [6, 6.07) is 4.51. The molecule has 3 nitrogen and oxygen atoms in total. The molecule has 0 aliphatic heterocycles. The molecule has 1 atom stereocenters. The smallest absolute Gasteiger partial charge is 0.0947 e. The van der Waals surface area contributed by atoms with E-state index in [0.29, 0.717) is 0 Å². The number of hydrogen-bond acceptors (Lipinski definition) is 4. The predicted molar refractivity (Wildman–Crippen MR) is 89.9 cm³/mol. The number of nitrogens with one attached hydrogen (secondary N) is 1. The quantitative estimate of drug-likeness (QED) is 0.906. The monoisotopic (exact) mass is 303 g/mol. The summed E-state index contributed by atoms with van der Waals surface area (Å²) in [6.45, 7) is 11.7. The summed E-state index contributed by atoms with van der Waals surface area (Å²) in [5.74, 6) is 0. The SMILES string of the molecule is CCNC(Cc1nc(C(C)(C)C)cs1)c1ccc(C)nc1. The van der Waals surface area contributed by atoms with Crippen molar-refractivity contribution < 1.29 is 0 Å². The van der Waals surface area contributed by atoms with E-state index < -0.39 is 0 Å². The van der Waals surface area contributed by atoms with Gasteiger partial charge in [-0.25, -0.2) is 4.98 Å². The average molecular weight is 303 g/mol. The first-order valence-electron chi connectivity index (χ1n) is 7.51. The van der Waals surface area contributed by atoms with Gasteiger partial charge in [0.1, 0.15) is 0 Å². The van der Waals surface area contributed by atoms with Crippen LogP contribution in [0.3, 0.4) is 0 Å². The number of aryl methyl sites for hydroxylation is 1. The third-order valence-electron chi connectivity index (χ3n) is 3.49. The maximum atomic E-state index is 4.80. The Kier molecular flexibility index (Phi) is 5.12. The Labute approximate surface area is 131 Å². The van der Waals surface area contributed by atoms with E-state index in [4.69, 9.17) is 4.98 Å². The Morgan fingerprint density at radius 2 is 2.05 bits per heavy atom. The van der Waals surface area contributed by atoms with E-state index >= 15 is 0 Å². The summed E-state index contributed by atoms with van der Waals surface area (Å²) in [5, 5.41) is 6.91. The zero-order valence-electron chi connectivity index (χ0n) is 13.6. The third kappa shape index (κ3) is 4.35. The summed E-state index contributed by atoms with van der Waals surface area (Å²) < 4.78 is 0. The number of rotatable bonds is 5. The fraction of sp³-hybridized carbons (Fsp3) is 0.529. The van der Waals surface area contributed by atoms with E-state index in [0.717, 1.165) is 18.7 Å². The van der Waals surface area contributed by atoms with E-state index in [1.807, 2.05) is 13.1 Å². The minimum Gasteiger partial charge on any atom is -0.310 e. The van der Waals surface area contributed by atoms with Crippen molar-refractivity contribution in [1.82, 2.24) is 15.3 Å². The molecule has 0 aliphatic rings. The molecule has 0 aromatic carbocycles. The standard InChI is InChI=1S/C17H25N3S/c1-6-18-14(13-8-7-12(2)19-10-13)9-16-20-15(11-21-16)17(3,4)5/h7-8,10-11,14,18H,6,9H2,1-5H3. The number of likely N-dealkylation sites (N-methyl/N-ethyl adjacent to an activating group) is 1. The van der Waals surface area contributed by atoms with Crippen LogP contribution in [0.1, 0.15) is 55.7 Å². The lowest BCUT2D eigenvalue weighted by molar-refractivity contribution is 0.538. The van der Waals surface area contributed by atoms with Gasteiger partial charge in [0.15, 0.2) is 0 Å². The van der Waals surface area contributed by atoms with Crippen LogP contribution in [0.2, 0.25) is 0 Å². The number of aromatic nitrogens is 2. The van der Waals surface area contributed by atoms with Crippen molar-refractivity contribution in [2.45, 2.75) is 52.5 Å². The minimum absolute atomic E-state index is 0.119. The van der Waals surface area contributed by atoms with Gasteiger partial charge < -0.3 is 5.32 Å². The van der Waals surface area contributed by atoms with Gasteiger partial charge in [0.2, 0.25) is 0 Å². The number of nitrogens with zero attached hydrogens (tertiary/aromatic N) is 2. The molecule has 0 saturated carbocycles. The Morgan fingerprint density at radius 3 is 2.57 bits per heavy atom. The second kappa shape index (κ2) is 6.67. The topological polar surface area (TPSA) is 37.8 Å². The molecule has 0 fully saturated rings. The van der Waals surface area contributed by atoms with Gasteiger partial charge in [-0.15, -0.1) is 11.3 Å². The number of pyridine rings is 1. The highest BCUT2D eigenvalue weighted by Crippen LogP contribution is 2.26. The lowest BCUT2D eigenvalue weighted by atomic mass is 9.93. The van der Waals surface area contributed by atoms with Crippen molar-refractivity contribution in [2.75, 3.05) is 6.54 Å². The number of hydrogen-bond donors (Lipinski definition) is 1. The fourth-order valence-electron chi connectivity index (χ4n) is 2.16. The average Bonchev–Trinajstić information content (AvgIpc) is 2.88. The molecular weight excluding hydrogens is 278 g/mol. The first-order chi connectivity index (χ1) is 9.90. The first-order valence-corrected chi connectivity index (χ1v) is 8.39. The maximum Gasteiger partial charge on any atom is 0.0947 e. The molecule has 1 unspecified atom stereocenters. The van der Waals surface area contributed by atoms with Crippen molar-refractivity contribution in [1.29, 1.82) is 0 Å². The Hall–Kier alpha value is -1.26. The molecule has 2 aromatic heterocycles. The van der Waals surface area contributed by atoms with Crippen molar-refractivity contribution in [3.8, 4) is 0 Å². The van der Waals surface area contributed by atoms with Crippen LogP contribution < -0.4 is 5.32 Å². The highest BCUT2D eigenvalue weighted by atomic mass is 32.1. The largest absolute Gasteiger partial charge is 0.310 e. The lowest BCUT2D eigenvalue weighted by Crippen LogP contribution is -2.23. The maximum absolute atomic E-state index is 4.80. The van der Waals surface area contributed by atoms with Gasteiger partial charge in [0, 0.05) is 35.1 Å². The van der Waals surface area contributed by atoms with Crippen molar-refractivity contribution in [2.24, 2.45) is 0 Å². The van der Waals surface area contributed by atoms with Crippen LogP contribution in [-0.2, 0) is 11.8 Å². The van der Waals surface area contributed by atoms with Crippen LogP contribution in [0.5, 0.6) is 0 Å². The number of thiazole rings is 1. The van der Waals surface area contributed by atoms with Gasteiger partial charge in [-0.2, -0.15) is 0 Å². The molecule has 0 bridgehead atoms. The first kappa shape index (κ1) is 16.1. The summed E-state index contributed by atoms with van der Waals surface area (Å²) >= 11 is 1.76. The van der Waals surface area contributed by atoms with Crippen molar-refractivity contribution >= 4 is 11.3 Å². The molecule has 4 heteroatoms. The van der Waals surface area contributed by atoms with Crippen molar-refractivity contribution in [3.63, 3.8) is 0 Å². The van der Waals surface area contributed by atoms with Gasteiger partial charge in [-0.05, 0) is 25.1 Å². The lowest BCUT2D eigenvalue weighted by Gasteiger charge is -2.17. The highest BCUT2D eigenvalue weighted by molar-refractivity contribution is 7.09. The van der Waals surface area contributed by atoms with E-state index in [1.165, 1.54) is 16.3 Å². The van der Waals surface area contributed by atoms with E-state index in [1.54, 1.807) is 11.3 Å². The van der Waals surface area contributed by atoms with Gasteiger partial charge in [-0.3, -0.25) is 4.98 Å². The molecule has 114 valence electrons. The molecule has 0 spiro atoms. The Bertz CT molecular complexity index is 566. The van der Waals surface area contributed by atoms with Crippen molar-refractivity contribution in [3.05, 3.63) is 45.7 Å². The van der Waals surface area contributed by atoms with Crippen LogP contribution in [0, 0.1) is 6.92 Å². The molecule has 0 amide bonds. The van der Waals surface area contributed by atoms with E-state index in [2.05, 4.69) is 55.5 Å². The van der Waals surface area contributed by atoms with E-state index in [-0.39, 0.29) is 11.5 Å². The van der Waals surface area contributed by atoms with Gasteiger partial charge >= 0.3 is 0 Å². The third-order valence-corrected chi connectivity index (χ3v) is 4.36. The molecule has 2 heterocycles. The van der Waals surface area contributed by atoms with E-state index in [9.17, 15) is 0 Å². The second-order valence-corrected chi connectivity index (χ2v) is 7.37. The second-order valence-electron chi connectivity index (χ2n) is 6.42. The summed E-state index contributed by atoms with van der Waals surface area (Å²) in [7, 11) is 0. The van der Waals surface area contributed by atoms with Gasteiger partial charge in [0.05, 0.1) is 10.7 Å². The van der Waals surface area contributed by atoms with Crippen LogP contribution in [0.25, 0.3) is 0 Å². The molecule has 0 saturated heterocycles. The highest BCUT2D eigenvalue weighted by Gasteiger charge is 2.19. The Balaban J connectivity index is 2.16. The summed E-state index contributed by atoms with van der Waals surface area (Å²) in [4.78, 5) is 9.22. The summed E-state index contributed by atoms with van der Waals surface area (Å²) in [5.41, 5.74) is 3.58.